The number of allylic oxidation sites excluding steroid dienone is 24. The minimum Gasteiger partial charge on any atom is -0.462 e. The van der Waals surface area contributed by atoms with Gasteiger partial charge in [-0.3, -0.25) is 18.6 Å². The molecule has 10 heteroatoms. The smallest absolute Gasteiger partial charge is 0.462 e. The molecule has 0 rings (SSSR count). The molecule has 0 radical (unpaired) electrons. The maximum absolute atomic E-state index is 12.9. The molecule has 0 aromatic carbocycles. The van der Waals surface area contributed by atoms with Crippen molar-refractivity contribution in [3.05, 3.63) is 146 Å². The topological polar surface area (TPSA) is 108 Å². The van der Waals surface area contributed by atoms with Gasteiger partial charge in [-0.05, 0) is 122 Å². The molecule has 0 spiro atoms. The number of phosphoric ester groups is 1. The maximum atomic E-state index is 12.9. The van der Waals surface area contributed by atoms with Crippen LogP contribution in [0.3, 0.4) is 0 Å². The Morgan fingerprint density at radius 2 is 0.594 bits per heavy atom. The molecule has 0 aliphatic rings. The zero-order valence-electron chi connectivity index (χ0n) is 62.8. The first kappa shape index (κ1) is 91.9. The van der Waals surface area contributed by atoms with Gasteiger partial charge in [-0.1, -0.05) is 346 Å². The Morgan fingerprint density at radius 1 is 0.333 bits per heavy atom. The summed E-state index contributed by atoms with van der Waals surface area (Å²) >= 11 is 0. The lowest BCUT2D eigenvalue weighted by atomic mass is 10.0. The average molecular weight is 1360 g/mol. The van der Waals surface area contributed by atoms with E-state index in [1.165, 1.54) is 180 Å². The molecule has 2 unspecified atom stereocenters. The molecule has 0 heterocycles. The van der Waals surface area contributed by atoms with Crippen LogP contribution in [0.25, 0.3) is 0 Å². The van der Waals surface area contributed by atoms with Crippen LogP contribution in [0.5, 0.6) is 0 Å². The first-order valence-corrected chi connectivity index (χ1v) is 41.1. The molecule has 0 aromatic rings. The highest BCUT2D eigenvalue weighted by Crippen LogP contribution is 2.43. The summed E-state index contributed by atoms with van der Waals surface area (Å²) < 4.78 is 34.8. The summed E-state index contributed by atoms with van der Waals surface area (Å²) in [5, 5.41) is 0. The van der Waals surface area contributed by atoms with Crippen molar-refractivity contribution < 1.29 is 42.1 Å². The second kappa shape index (κ2) is 75.1. The van der Waals surface area contributed by atoms with E-state index >= 15 is 0 Å². The van der Waals surface area contributed by atoms with E-state index < -0.39 is 26.5 Å². The highest BCUT2D eigenvalue weighted by molar-refractivity contribution is 7.47. The molecule has 1 N–H and O–H groups in total. The van der Waals surface area contributed by atoms with Gasteiger partial charge in [0, 0.05) is 12.8 Å². The lowest BCUT2D eigenvalue weighted by Gasteiger charge is -2.24. The van der Waals surface area contributed by atoms with Crippen LogP contribution in [0, 0.1) is 0 Å². The summed E-state index contributed by atoms with van der Waals surface area (Å²) in [5.41, 5.74) is 0. The second-order valence-corrected chi connectivity index (χ2v) is 28.8. The number of nitrogens with zero attached hydrogens (tertiary/aromatic N) is 1. The van der Waals surface area contributed by atoms with Crippen molar-refractivity contribution in [3.63, 3.8) is 0 Å². The van der Waals surface area contributed by atoms with Crippen molar-refractivity contribution >= 4 is 19.8 Å². The van der Waals surface area contributed by atoms with E-state index in [1.54, 1.807) is 0 Å². The van der Waals surface area contributed by atoms with Crippen LogP contribution in [0.4, 0.5) is 0 Å². The van der Waals surface area contributed by atoms with Gasteiger partial charge in [-0.25, -0.2) is 4.57 Å². The number of hydrogen-bond acceptors (Lipinski definition) is 7. The number of unbranched alkanes of at least 4 members (excludes halogenated alkanes) is 34. The van der Waals surface area contributed by atoms with Crippen LogP contribution in [0.1, 0.15) is 335 Å². The van der Waals surface area contributed by atoms with Gasteiger partial charge >= 0.3 is 19.8 Å². The van der Waals surface area contributed by atoms with Crippen LogP contribution in [0.2, 0.25) is 0 Å². The number of likely N-dealkylation sites (N-methyl/N-ethyl adjacent to an activating group) is 1. The van der Waals surface area contributed by atoms with E-state index in [0.29, 0.717) is 17.4 Å². The molecule has 0 aliphatic heterocycles. The van der Waals surface area contributed by atoms with E-state index in [1.807, 2.05) is 21.1 Å². The number of carbonyl (C=O) groups excluding carboxylic acids is 2. The summed E-state index contributed by atoms with van der Waals surface area (Å²) in [6, 6.07) is 0. The standard InChI is InChI=1S/C86H148NO8P/c1-6-8-10-12-14-16-18-20-22-24-26-28-30-32-34-36-38-40-41-42-43-44-45-47-49-51-53-55-57-59-61-63-65-67-69-71-73-75-77-79-86(89)95-84(83-94-96(90,91)93-81-80-87(3,4)5)82-92-85(88)78-76-74-72-70-68-66-64-62-60-58-56-54-52-50-48-46-39-37-35-33-31-29-27-25-23-21-19-17-15-13-11-9-7-2/h8,10,14,16,20,22,25-28,32,34,38,40,42-43,45,47,51,53,57,59,63,65,84H,6-7,9,11-13,15,17-19,21,23-24,29-31,33,35-37,39,41,44,46,48-50,52,54-56,58,60-62,64,66-83H2,1-5H3/p+1/b10-8-,16-14-,22-20-,27-25-,28-26-,34-32-,40-38-,43-42-,47-45-,53-51-,59-57-,65-63-. The Morgan fingerprint density at radius 3 is 0.896 bits per heavy atom. The van der Waals surface area contributed by atoms with Gasteiger partial charge in [0.15, 0.2) is 6.10 Å². The van der Waals surface area contributed by atoms with Gasteiger partial charge in [0.2, 0.25) is 0 Å². The fourth-order valence-corrected chi connectivity index (χ4v) is 11.6. The van der Waals surface area contributed by atoms with E-state index in [9.17, 15) is 19.0 Å². The molecule has 0 aromatic heterocycles. The number of ether oxygens (including phenoxy) is 2. The minimum absolute atomic E-state index is 0.0218. The molecule has 96 heavy (non-hydrogen) atoms. The van der Waals surface area contributed by atoms with Gasteiger partial charge in [-0.15, -0.1) is 0 Å². The molecular weight excluding hydrogens is 1210 g/mol. The minimum atomic E-state index is -4.41. The number of hydrogen-bond donors (Lipinski definition) is 1. The fraction of sp³-hybridized carbons (Fsp3) is 0.698. The Bertz CT molecular complexity index is 2140. The first-order valence-electron chi connectivity index (χ1n) is 39.6. The quantitative estimate of drug-likeness (QED) is 0.0211. The molecule has 0 saturated heterocycles. The Kier molecular flexibility index (Phi) is 71.9. The van der Waals surface area contributed by atoms with E-state index in [0.717, 1.165) is 122 Å². The molecular formula is C86H149NO8P+. The van der Waals surface area contributed by atoms with Crippen molar-refractivity contribution in [2.24, 2.45) is 0 Å². The van der Waals surface area contributed by atoms with Crippen LogP contribution < -0.4 is 0 Å². The molecule has 0 aliphatic carbocycles. The zero-order chi connectivity index (χ0) is 69.7. The van der Waals surface area contributed by atoms with E-state index in [2.05, 4.69) is 160 Å². The fourth-order valence-electron chi connectivity index (χ4n) is 10.8. The molecule has 0 saturated carbocycles. The van der Waals surface area contributed by atoms with Gasteiger partial charge in [-0.2, -0.15) is 0 Å². The number of carbonyl (C=O) groups is 2. The van der Waals surface area contributed by atoms with Crippen molar-refractivity contribution in [2.75, 3.05) is 47.5 Å². The number of esters is 2. The average Bonchev–Trinajstić information content (AvgIpc) is 1.98. The van der Waals surface area contributed by atoms with Gasteiger partial charge < -0.3 is 18.9 Å². The van der Waals surface area contributed by atoms with Gasteiger partial charge in [0.05, 0.1) is 27.7 Å². The predicted molar refractivity (Wildman–Crippen MR) is 417 cm³/mol. The highest BCUT2D eigenvalue weighted by atomic mass is 31.2. The monoisotopic (exact) mass is 1360 g/mol. The van der Waals surface area contributed by atoms with E-state index in [-0.39, 0.29) is 32.0 Å². The summed E-state index contributed by atoms with van der Waals surface area (Å²) in [7, 11) is 1.46. The lowest BCUT2D eigenvalue weighted by molar-refractivity contribution is -0.870. The van der Waals surface area contributed by atoms with Crippen molar-refractivity contribution in [2.45, 2.75) is 341 Å². The van der Waals surface area contributed by atoms with E-state index in [4.69, 9.17) is 18.5 Å². The normalized spacial score (nSPS) is 13.9. The van der Waals surface area contributed by atoms with Crippen LogP contribution in [-0.2, 0) is 32.7 Å². The molecule has 9 nitrogen and oxygen atoms in total. The third kappa shape index (κ3) is 78.9. The Labute approximate surface area is 593 Å². The third-order valence-electron chi connectivity index (χ3n) is 16.9. The van der Waals surface area contributed by atoms with Crippen molar-refractivity contribution in [1.29, 1.82) is 0 Å². The largest absolute Gasteiger partial charge is 0.472 e. The van der Waals surface area contributed by atoms with Crippen LogP contribution in [0.15, 0.2) is 146 Å². The van der Waals surface area contributed by atoms with Gasteiger partial charge in [0.25, 0.3) is 0 Å². The Hall–Kier alpha value is -4.11. The number of quaternary nitrogens is 1. The Balaban J connectivity index is 4.08. The van der Waals surface area contributed by atoms with Gasteiger partial charge in [0.1, 0.15) is 19.8 Å². The SMILES string of the molecule is CC/C=C\C/C=C\C/C=C\C/C=C\C/C=C\C/C=C\C/C=C\C/C=C\C/C=C\C/C=C\C/C=C\CCCCCCCC(=O)OC(COC(=O)CCCCCCCCCCCCCCCCCCCCCCC/C=C\CCCCCCCCCC)COP(=O)(O)OCC[N+](C)(C)C. The predicted octanol–water partition coefficient (Wildman–Crippen LogP) is 26.5. The van der Waals surface area contributed by atoms with Crippen molar-refractivity contribution in [1.82, 2.24) is 0 Å². The molecule has 0 fully saturated rings. The summed E-state index contributed by atoms with van der Waals surface area (Å²) in [6.45, 7) is 4.32. The van der Waals surface area contributed by atoms with Crippen LogP contribution in [-0.4, -0.2) is 74.9 Å². The summed E-state index contributed by atoms with van der Waals surface area (Å²) in [6.07, 6.45) is 111. The maximum Gasteiger partial charge on any atom is 0.472 e. The molecule has 550 valence electrons. The second-order valence-electron chi connectivity index (χ2n) is 27.4. The number of phosphoric acid groups is 1. The van der Waals surface area contributed by atoms with Crippen LogP contribution >= 0.6 is 7.82 Å². The highest BCUT2D eigenvalue weighted by Gasteiger charge is 2.27. The molecule has 0 amide bonds. The first-order chi connectivity index (χ1) is 47.0. The lowest BCUT2D eigenvalue weighted by Crippen LogP contribution is -2.37. The number of rotatable bonds is 72. The zero-order valence-corrected chi connectivity index (χ0v) is 63.7. The molecule has 2 atom stereocenters. The summed E-state index contributed by atoms with van der Waals surface area (Å²) in [5.74, 6) is -0.817. The molecule has 0 bridgehead atoms. The summed E-state index contributed by atoms with van der Waals surface area (Å²) in [4.78, 5) is 36.0. The van der Waals surface area contributed by atoms with Crippen molar-refractivity contribution in [3.8, 4) is 0 Å². The third-order valence-corrected chi connectivity index (χ3v) is 17.8.